The van der Waals surface area contributed by atoms with Gasteiger partial charge >= 0.3 is 0 Å². The van der Waals surface area contributed by atoms with Crippen LogP contribution in [0.5, 0.6) is 0 Å². The van der Waals surface area contributed by atoms with Gasteiger partial charge in [-0.1, -0.05) is 49.0 Å². The van der Waals surface area contributed by atoms with Crippen LogP contribution in [0.4, 0.5) is 5.00 Å². The summed E-state index contributed by atoms with van der Waals surface area (Å²) < 4.78 is 0. The lowest BCUT2D eigenvalue weighted by molar-refractivity contribution is -0.113. The standard InChI is InChI=1S/C20H19N5OS2/c1-12-7-8-14-15(10-21)19(28-16(14)9-12)22-17(26)11-27-20-23-18(24-25-20)13-5-3-2-4-6-13/h2-6,12H,7-9,11H2,1H3,(H,22,26)(H,23,24,25)/t12-/m1/s1. The molecule has 0 saturated heterocycles. The predicted molar refractivity (Wildman–Crippen MR) is 111 cm³/mol. The lowest BCUT2D eigenvalue weighted by atomic mass is 9.89. The fourth-order valence-electron chi connectivity index (χ4n) is 3.29. The normalized spacial score (nSPS) is 15.6. The summed E-state index contributed by atoms with van der Waals surface area (Å²) in [5, 5.41) is 20.7. The molecule has 1 amide bonds. The molecule has 1 atom stereocenters. The van der Waals surface area contributed by atoms with Gasteiger partial charge in [0.05, 0.1) is 11.3 Å². The first-order valence-corrected chi connectivity index (χ1v) is 10.9. The van der Waals surface area contributed by atoms with Gasteiger partial charge in [0.1, 0.15) is 11.1 Å². The van der Waals surface area contributed by atoms with Crippen molar-refractivity contribution in [1.29, 1.82) is 5.26 Å². The second-order valence-electron chi connectivity index (χ2n) is 6.84. The summed E-state index contributed by atoms with van der Waals surface area (Å²) in [5.74, 6) is 1.34. The van der Waals surface area contributed by atoms with Crippen LogP contribution in [0.25, 0.3) is 11.4 Å². The maximum Gasteiger partial charge on any atom is 0.235 e. The number of fused-ring (bicyclic) bond motifs is 1. The van der Waals surface area contributed by atoms with Gasteiger partial charge in [-0.15, -0.1) is 16.4 Å². The van der Waals surface area contributed by atoms with E-state index in [9.17, 15) is 10.1 Å². The molecule has 28 heavy (non-hydrogen) atoms. The minimum absolute atomic E-state index is 0.154. The van der Waals surface area contributed by atoms with Gasteiger partial charge in [0.2, 0.25) is 11.1 Å². The molecule has 3 aromatic rings. The van der Waals surface area contributed by atoms with E-state index in [0.717, 1.165) is 30.4 Å². The molecule has 142 valence electrons. The summed E-state index contributed by atoms with van der Waals surface area (Å²) >= 11 is 2.81. The lowest BCUT2D eigenvalue weighted by Gasteiger charge is -2.17. The lowest BCUT2D eigenvalue weighted by Crippen LogP contribution is -2.14. The van der Waals surface area contributed by atoms with Gasteiger partial charge in [0.15, 0.2) is 5.82 Å². The maximum atomic E-state index is 12.4. The number of amides is 1. The predicted octanol–water partition coefficient (Wildman–Crippen LogP) is 4.26. The summed E-state index contributed by atoms with van der Waals surface area (Å²) in [7, 11) is 0. The van der Waals surface area contributed by atoms with Crippen molar-refractivity contribution >= 4 is 34.0 Å². The number of thiophene rings is 1. The number of nitrogens with zero attached hydrogens (tertiary/aromatic N) is 3. The van der Waals surface area contributed by atoms with Gasteiger partial charge in [-0.3, -0.25) is 9.89 Å². The number of carbonyl (C=O) groups is 1. The quantitative estimate of drug-likeness (QED) is 0.614. The minimum Gasteiger partial charge on any atom is -0.316 e. The molecule has 2 aromatic heterocycles. The molecule has 0 spiro atoms. The fraction of sp³-hybridized carbons (Fsp3) is 0.300. The van der Waals surface area contributed by atoms with Crippen LogP contribution in [0.15, 0.2) is 35.5 Å². The van der Waals surface area contributed by atoms with Crippen molar-refractivity contribution < 1.29 is 4.79 Å². The van der Waals surface area contributed by atoms with Crippen LogP contribution in [-0.4, -0.2) is 26.8 Å². The van der Waals surface area contributed by atoms with Crippen LogP contribution >= 0.6 is 23.1 Å². The zero-order valence-corrected chi connectivity index (χ0v) is 17.0. The molecule has 0 aliphatic heterocycles. The van der Waals surface area contributed by atoms with Crippen LogP contribution in [-0.2, 0) is 17.6 Å². The number of aromatic amines is 1. The van der Waals surface area contributed by atoms with Crippen molar-refractivity contribution in [2.75, 3.05) is 11.1 Å². The van der Waals surface area contributed by atoms with Crippen LogP contribution in [0.2, 0.25) is 0 Å². The Bertz CT molecular complexity index is 1030. The summed E-state index contributed by atoms with van der Waals surface area (Å²) in [4.78, 5) is 18.1. The first kappa shape index (κ1) is 18.7. The Morgan fingerprint density at radius 2 is 2.25 bits per heavy atom. The monoisotopic (exact) mass is 409 g/mol. The van der Waals surface area contributed by atoms with Gasteiger partial charge in [-0.25, -0.2) is 4.98 Å². The Kier molecular flexibility index (Phi) is 5.46. The zero-order valence-electron chi connectivity index (χ0n) is 15.4. The SMILES string of the molecule is C[C@@H]1CCc2c(sc(NC(=O)CSc3n[nH]c(-c4ccccc4)n3)c2C#N)C1. The van der Waals surface area contributed by atoms with E-state index in [2.05, 4.69) is 33.5 Å². The molecule has 0 fully saturated rings. The first-order valence-electron chi connectivity index (χ1n) is 9.09. The summed E-state index contributed by atoms with van der Waals surface area (Å²) in [6, 6.07) is 12.0. The van der Waals surface area contributed by atoms with E-state index in [1.54, 1.807) is 11.3 Å². The molecule has 1 aromatic carbocycles. The number of aromatic nitrogens is 3. The van der Waals surface area contributed by atoms with E-state index in [4.69, 9.17) is 0 Å². The highest BCUT2D eigenvalue weighted by atomic mass is 32.2. The molecule has 0 radical (unpaired) electrons. The minimum atomic E-state index is -0.154. The smallest absolute Gasteiger partial charge is 0.235 e. The molecular weight excluding hydrogens is 390 g/mol. The molecule has 0 bridgehead atoms. The Morgan fingerprint density at radius 3 is 3.04 bits per heavy atom. The third-order valence-corrected chi connectivity index (χ3v) is 6.74. The average molecular weight is 410 g/mol. The van der Waals surface area contributed by atoms with E-state index in [1.165, 1.54) is 16.6 Å². The number of carbonyl (C=O) groups excluding carboxylic acids is 1. The van der Waals surface area contributed by atoms with Crippen molar-refractivity contribution in [2.45, 2.75) is 31.3 Å². The van der Waals surface area contributed by atoms with Crippen LogP contribution in [0.3, 0.4) is 0 Å². The van der Waals surface area contributed by atoms with E-state index in [0.29, 0.717) is 27.5 Å². The molecule has 6 nitrogen and oxygen atoms in total. The topological polar surface area (TPSA) is 94.5 Å². The molecule has 1 aliphatic rings. The van der Waals surface area contributed by atoms with Gasteiger partial charge < -0.3 is 5.32 Å². The Hall–Kier alpha value is -2.63. The number of hydrogen-bond acceptors (Lipinski definition) is 6. The van der Waals surface area contributed by atoms with Crippen LogP contribution < -0.4 is 5.32 Å². The number of hydrogen-bond donors (Lipinski definition) is 2. The molecular formula is C20H19N5OS2. The highest BCUT2D eigenvalue weighted by molar-refractivity contribution is 7.99. The molecule has 0 saturated carbocycles. The van der Waals surface area contributed by atoms with Crippen LogP contribution in [0, 0.1) is 17.2 Å². The number of nitrogens with one attached hydrogen (secondary N) is 2. The van der Waals surface area contributed by atoms with E-state index >= 15 is 0 Å². The number of rotatable bonds is 5. The number of nitriles is 1. The summed E-state index contributed by atoms with van der Waals surface area (Å²) in [5.41, 5.74) is 2.70. The van der Waals surface area contributed by atoms with Gasteiger partial charge in [-0.05, 0) is 30.7 Å². The number of benzene rings is 1. The highest BCUT2D eigenvalue weighted by Crippen LogP contribution is 2.39. The summed E-state index contributed by atoms with van der Waals surface area (Å²) in [6.45, 7) is 2.23. The molecule has 0 unspecified atom stereocenters. The van der Waals surface area contributed by atoms with Crippen LogP contribution in [0.1, 0.15) is 29.3 Å². The van der Waals surface area contributed by atoms with Crippen molar-refractivity contribution in [3.8, 4) is 17.5 Å². The highest BCUT2D eigenvalue weighted by Gasteiger charge is 2.24. The van der Waals surface area contributed by atoms with E-state index in [1.807, 2.05) is 30.3 Å². The van der Waals surface area contributed by atoms with Gasteiger partial charge in [-0.2, -0.15) is 5.26 Å². The Morgan fingerprint density at radius 1 is 1.43 bits per heavy atom. The number of anilines is 1. The maximum absolute atomic E-state index is 12.4. The first-order chi connectivity index (χ1) is 13.6. The molecule has 1 aliphatic carbocycles. The number of thioether (sulfide) groups is 1. The fourth-order valence-corrected chi connectivity index (χ4v) is 5.26. The van der Waals surface area contributed by atoms with Gasteiger partial charge in [0, 0.05) is 10.4 Å². The second kappa shape index (κ2) is 8.17. The molecule has 2 N–H and O–H groups in total. The molecule has 8 heteroatoms. The largest absolute Gasteiger partial charge is 0.316 e. The molecule has 4 rings (SSSR count). The zero-order chi connectivity index (χ0) is 19.5. The van der Waals surface area contributed by atoms with Crippen molar-refractivity contribution in [2.24, 2.45) is 5.92 Å². The second-order valence-corrected chi connectivity index (χ2v) is 8.88. The Balaban J connectivity index is 1.39. The van der Waals surface area contributed by atoms with Crippen molar-refractivity contribution in [3.63, 3.8) is 0 Å². The van der Waals surface area contributed by atoms with Crippen molar-refractivity contribution in [1.82, 2.24) is 15.2 Å². The third kappa shape index (κ3) is 3.96. The van der Waals surface area contributed by atoms with E-state index in [-0.39, 0.29) is 11.7 Å². The van der Waals surface area contributed by atoms with Crippen molar-refractivity contribution in [3.05, 3.63) is 46.3 Å². The summed E-state index contributed by atoms with van der Waals surface area (Å²) in [6.07, 6.45) is 2.99. The van der Waals surface area contributed by atoms with Gasteiger partial charge in [0.25, 0.3) is 0 Å². The average Bonchev–Trinajstić information content (AvgIpc) is 3.31. The number of H-pyrrole nitrogens is 1. The molecule has 2 heterocycles. The van der Waals surface area contributed by atoms with E-state index < -0.39 is 0 Å². The Labute approximate surface area is 171 Å². The third-order valence-electron chi connectivity index (χ3n) is 4.72.